The van der Waals surface area contributed by atoms with Crippen LogP contribution in [0.1, 0.15) is 86.0 Å². The first-order valence-corrected chi connectivity index (χ1v) is 30.8. The van der Waals surface area contributed by atoms with Gasteiger partial charge in [0.15, 0.2) is 18.5 Å². The molecule has 24 atom stereocenters. The van der Waals surface area contributed by atoms with Crippen LogP contribution in [0.3, 0.4) is 0 Å². The van der Waals surface area contributed by atoms with E-state index < -0.39 is 244 Å². The van der Waals surface area contributed by atoms with Gasteiger partial charge in [-0.1, -0.05) is 0 Å². The van der Waals surface area contributed by atoms with E-state index in [1.165, 1.54) is 13.8 Å². The molecule has 5 rings (SSSR count). The smallest absolute Gasteiger partial charge is 0.364 e. The van der Waals surface area contributed by atoms with E-state index >= 15 is 4.79 Å². The molecule has 544 valence electrons. The van der Waals surface area contributed by atoms with E-state index in [-0.39, 0.29) is 57.7 Å². The number of aliphatic hydroxyl groups excluding tert-OH is 9. The maximum absolute atomic E-state index is 15.2. The van der Waals surface area contributed by atoms with E-state index in [1.54, 1.807) is 0 Å². The van der Waals surface area contributed by atoms with Gasteiger partial charge >= 0.3 is 11.9 Å². The molecule has 0 aromatic heterocycles. The monoisotopic (exact) mass is 1380 g/mol. The van der Waals surface area contributed by atoms with Crippen LogP contribution < -0.4 is 54.8 Å². The fourth-order valence-electron chi connectivity index (χ4n) is 11.7. The molecular formula is C55H91N13O28. The van der Waals surface area contributed by atoms with Crippen LogP contribution in [0.5, 0.6) is 0 Å². The molecule has 5 aliphatic heterocycles. The summed E-state index contributed by atoms with van der Waals surface area (Å²) in [6, 6.07) is -14.3. The number of nitrogens with two attached hydrogens (primary N) is 4. The number of hydrogen-bond acceptors (Lipinski definition) is 28. The van der Waals surface area contributed by atoms with Gasteiger partial charge in [-0.3, -0.25) is 52.9 Å². The number of hydrogen-bond donors (Lipinski definition) is 21. The van der Waals surface area contributed by atoms with Crippen LogP contribution in [-0.2, 0) is 81.2 Å². The normalized spacial score (nSPS) is 31.5. The standard InChI is InChI=1S/C55H91N13O28/c1-20(56)49(87)67-13-7-11-28(67)47(85)65-26(15-33(76)77)45(83)66-34(48(86)64-25(9-6-12-60-54(58)59)50(88)68-14-8-10-27(68)46(84)61-21(2)44(57)82)22(3)91-51-36(63-24(5)73)41(38(79)31(18-70)92-51)94-52-40(81)43(39(80)32(19-71)93-52)96-55(53(89)90)16-29(74)35(62-23(4)72)42(95-55)37(78)30(75)17-69/h20-22,25-32,34-43,51-52,69-71,74-75,78-81H,6-19,56H2,1-5H3,(H2,57,82)(H,61,84)(H,62,72)(H,63,73)(H,64,86)(H,65,85)(H,66,83)(H,76,77)(H,89,90)(H4,58,59,60)/t20-,21-,22+,25-,26-,27-,28-,29-,30+,31+,32+,34-,35+,36+,37+,38-,39-,40+,41+,42+,43-,51-,52-,55-/m0/s1. The molecule has 5 fully saturated rings. The molecule has 0 bridgehead atoms. The predicted octanol–water partition coefficient (Wildman–Crippen LogP) is -12.4. The molecule has 41 heteroatoms. The van der Waals surface area contributed by atoms with Crippen LogP contribution in [0.4, 0.5) is 0 Å². The topological polar surface area (TPSA) is 661 Å². The summed E-state index contributed by atoms with van der Waals surface area (Å²) in [5, 5.41) is 134. The Kier molecular flexibility index (Phi) is 29.3. The summed E-state index contributed by atoms with van der Waals surface area (Å²) in [4.78, 5) is 154. The lowest BCUT2D eigenvalue weighted by molar-refractivity contribution is -0.382. The average molecular weight is 1380 g/mol. The summed E-state index contributed by atoms with van der Waals surface area (Å²) in [6.45, 7) is 2.02. The van der Waals surface area contributed by atoms with Crippen molar-refractivity contribution in [2.45, 2.75) is 232 Å². The average Bonchev–Trinajstić information content (AvgIpc) is 0.972. The molecule has 5 heterocycles. The van der Waals surface area contributed by atoms with Gasteiger partial charge in [-0.15, -0.1) is 0 Å². The van der Waals surface area contributed by atoms with E-state index in [0.717, 1.165) is 30.6 Å². The molecule has 0 aromatic rings. The molecule has 25 N–H and O–H groups in total. The number of carboxylic acid groups (broad SMARTS) is 2. The maximum atomic E-state index is 15.2. The molecule has 5 aliphatic rings. The van der Waals surface area contributed by atoms with Crippen molar-refractivity contribution >= 4 is 71.1 Å². The minimum atomic E-state index is -3.27. The number of aliphatic imine (C=N–C) groups is 1. The second-order valence-corrected chi connectivity index (χ2v) is 24.0. The van der Waals surface area contributed by atoms with Crippen LogP contribution in [0.15, 0.2) is 4.99 Å². The minimum absolute atomic E-state index is 0.0539. The number of rotatable bonds is 32. The number of nitrogens with zero attached hydrogens (tertiary/aromatic N) is 3. The highest BCUT2D eigenvalue weighted by Gasteiger charge is 2.61. The summed E-state index contributed by atoms with van der Waals surface area (Å²) in [7, 11) is 0. The maximum Gasteiger partial charge on any atom is 0.364 e. The van der Waals surface area contributed by atoms with Crippen LogP contribution in [0, 0.1) is 0 Å². The van der Waals surface area contributed by atoms with Crippen LogP contribution >= 0.6 is 0 Å². The van der Waals surface area contributed by atoms with Gasteiger partial charge in [0.2, 0.25) is 53.2 Å². The van der Waals surface area contributed by atoms with Gasteiger partial charge in [0.25, 0.3) is 5.79 Å². The Morgan fingerprint density at radius 1 is 0.698 bits per heavy atom. The highest BCUT2D eigenvalue weighted by molar-refractivity contribution is 5.98. The molecule has 41 nitrogen and oxygen atoms in total. The Bertz CT molecular complexity index is 2790. The SMILES string of the molecule is CC(=O)N[C@H]1[C@@H](O[C@H](C)[C@H](NC(=O)[C@H](CC(=O)O)NC(=O)[C@@H]2CCCN2C(=O)[C@H](C)N)C(=O)N[C@@H](CCCN=C(N)N)C(=O)N2CCC[C@H]2C(=O)N[C@@H](C)C(N)=O)O[C@H](CO)[C@H](O)[C@@H]1O[C@@H]1O[C@H](CO)[C@H](O)[C@H](O[C@]2(C(=O)O)C[C@H](O)[C@@H](NC(C)=O)[C@H]([C@H](O)[C@H](O)CO)O2)[C@H]1O. The molecule has 5 saturated heterocycles. The van der Waals surface area contributed by atoms with Crippen molar-refractivity contribution in [3.8, 4) is 0 Å². The van der Waals surface area contributed by atoms with Crippen molar-refractivity contribution in [2.24, 2.45) is 27.9 Å². The van der Waals surface area contributed by atoms with Gasteiger partial charge < -0.3 is 149 Å². The van der Waals surface area contributed by atoms with Crippen molar-refractivity contribution in [3.63, 3.8) is 0 Å². The van der Waals surface area contributed by atoms with E-state index in [2.05, 4.69) is 36.9 Å². The number of ether oxygens (including phenoxy) is 6. The Hall–Kier alpha value is -7.20. The zero-order chi connectivity index (χ0) is 72.0. The Morgan fingerprint density at radius 3 is 1.77 bits per heavy atom. The predicted molar refractivity (Wildman–Crippen MR) is 318 cm³/mol. The third kappa shape index (κ3) is 20.0. The molecule has 0 unspecified atom stereocenters. The van der Waals surface area contributed by atoms with Crippen molar-refractivity contribution in [2.75, 3.05) is 39.5 Å². The van der Waals surface area contributed by atoms with E-state index in [1.807, 2.05) is 0 Å². The number of guanidine groups is 1. The lowest BCUT2D eigenvalue weighted by Crippen LogP contribution is -2.71. The van der Waals surface area contributed by atoms with Gasteiger partial charge in [0.05, 0.1) is 50.5 Å². The number of primary amides is 1. The number of aliphatic hydroxyl groups is 9. The summed E-state index contributed by atoms with van der Waals surface area (Å²) < 4.78 is 35.5. The highest BCUT2D eigenvalue weighted by atomic mass is 16.8. The van der Waals surface area contributed by atoms with Crippen LogP contribution in [0.25, 0.3) is 0 Å². The van der Waals surface area contributed by atoms with Gasteiger partial charge in [-0.2, -0.15) is 0 Å². The second-order valence-electron chi connectivity index (χ2n) is 24.0. The third-order valence-corrected chi connectivity index (χ3v) is 16.7. The first-order chi connectivity index (χ1) is 45.0. The third-order valence-electron chi connectivity index (χ3n) is 16.7. The Balaban J connectivity index is 1.57. The number of carbonyl (C=O) groups is 11. The lowest BCUT2D eigenvalue weighted by Gasteiger charge is -2.51. The molecule has 0 aromatic carbocycles. The number of aliphatic carboxylic acids is 2. The fraction of sp³-hybridized carbons (Fsp3) is 0.782. The minimum Gasteiger partial charge on any atom is -0.481 e. The van der Waals surface area contributed by atoms with Gasteiger partial charge in [0, 0.05) is 39.9 Å². The van der Waals surface area contributed by atoms with Crippen molar-refractivity contribution in [3.05, 3.63) is 0 Å². The zero-order valence-electron chi connectivity index (χ0n) is 53.2. The molecule has 0 radical (unpaired) electrons. The molecule has 0 spiro atoms. The van der Waals surface area contributed by atoms with Crippen LogP contribution in [-0.4, -0.2) is 322 Å². The van der Waals surface area contributed by atoms with E-state index in [0.29, 0.717) is 6.42 Å². The molecule has 9 amide bonds. The largest absolute Gasteiger partial charge is 0.481 e. The van der Waals surface area contributed by atoms with Gasteiger partial charge in [-0.05, 0) is 59.3 Å². The van der Waals surface area contributed by atoms with Crippen molar-refractivity contribution < 1.29 is 137 Å². The van der Waals surface area contributed by atoms with Crippen molar-refractivity contribution in [1.82, 2.24) is 41.7 Å². The first-order valence-electron chi connectivity index (χ1n) is 30.8. The summed E-state index contributed by atoms with van der Waals surface area (Å²) in [5.41, 5.74) is 22.3. The van der Waals surface area contributed by atoms with E-state index in [9.17, 15) is 104 Å². The number of carboxylic acids is 2. The Labute approximate surface area is 548 Å². The number of carbonyl (C=O) groups excluding carboxylic acids is 9. The molecule has 0 aliphatic carbocycles. The molecular weight excluding hydrogens is 1290 g/mol. The first kappa shape index (κ1) is 79.5. The second kappa shape index (κ2) is 35.3. The fourth-order valence-corrected chi connectivity index (χ4v) is 11.7. The lowest BCUT2D eigenvalue weighted by atomic mass is 9.88. The highest BCUT2D eigenvalue weighted by Crippen LogP contribution is 2.39. The quantitative estimate of drug-likeness (QED) is 0.0169. The van der Waals surface area contributed by atoms with Gasteiger partial charge in [0.1, 0.15) is 103 Å². The summed E-state index contributed by atoms with van der Waals surface area (Å²) in [6.07, 6.45) is -32.3. The number of likely N-dealkylation sites (tertiary alicyclic amines) is 2. The Morgan fingerprint density at radius 2 is 1.25 bits per heavy atom. The van der Waals surface area contributed by atoms with Crippen LogP contribution in [0.2, 0.25) is 0 Å². The molecule has 96 heavy (non-hydrogen) atoms. The molecule has 0 saturated carbocycles. The number of amides is 9. The van der Waals surface area contributed by atoms with E-state index in [4.69, 9.17) is 51.4 Å². The zero-order valence-corrected chi connectivity index (χ0v) is 53.2. The summed E-state index contributed by atoms with van der Waals surface area (Å²) in [5.74, 6) is -16.2. The number of nitrogens with one attached hydrogen (secondary N) is 6. The van der Waals surface area contributed by atoms with Gasteiger partial charge in [-0.25, -0.2) is 4.79 Å². The summed E-state index contributed by atoms with van der Waals surface area (Å²) >= 11 is 0. The van der Waals surface area contributed by atoms with Crippen molar-refractivity contribution in [1.29, 1.82) is 0 Å².